The number of nitrogens with zero attached hydrogens (tertiary/aromatic N) is 1. The van der Waals surface area contributed by atoms with Crippen LogP contribution in [0.5, 0.6) is 0 Å². The molecule has 15 heavy (non-hydrogen) atoms. The second-order valence-electron chi connectivity index (χ2n) is 4.32. The summed E-state index contributed by atoms with van der Waals surface area (Å²) in [6.45, 7) is 7.97. The lowest BCUT2D eigenvalue weighted by Crippen LogP contribution is -2.30. The maximum atomic E-state index is 11.8. The lowest BCUT2D eigenvalue weighted by atomic mass is 10.1. The van der Waals surface area contributed by atoms with Crippen molar-refractivity contribution < 1.29 is 4.79 Å². The molecular weight excluding hydrogens is 186 g/mol. The maximum absolute atomic E-state index is 11.8. The predicted molar refractivity (Wildman–Crippen MR) is 64.2 cm³/mol. The molecule has 0 aliphatic heterocycles. The van der Waals surface area contributed by atoms with Crippen molar-refractivity contribution in [2.45, 2.75) is 27.7 Å². The molecule has 0 unspecified atom stereocenters. The average molecular weight is 205 g/mol. The van der Waals surface area contributed by atoms with Crippen LogP contribution in [0.4, 0.5) is 5.69 Å². The highest BCUT2D eigenvalue weighted by Gasteiger charge is 2.14. The van der Waals surface area contributed by atoms with Crippen LogP contribution in [0.25, 0.3) is 0 Å². The molecule has 0 fully saturated rings. The van der Waals surface area contributed by atoms with Gasteiger partial charge in [0, 0.05) is 18.7 Å². The van der Waals surface area contributed by atoms with Gasteiger partial charge < -0.3 is 4.90 Å². The summed E-state index contributed by atoms with van der Waals surface area (Å²) >= 11 is 0. The number of carbonyl (C=O) groups is 1. The van der Waals surface area contributed by atoms with Crippen molar-refractivity contribution >= 4 is 11.6 Å². The summed E-state index contributed by atoms with van der Waals surface area (Å²) in [7, 11) is 1.83. The number of carbonyl (C=O) groups excluding carboxylic acids is 1. The molecule has 0 bridgehead atoms. The van der Waals surface area contributed by atoms with Gasteiger partial charge in [-0.05, 0) is 37.1 Å². The van der Waals surface area contributed by atoms with Gasteiger partial charge >= 0.3 is 0 Å². The van der Waals surface area contributed by atoms with Gasteiger partial charge in [-0.2, -0.15) is 0 Å². The minimum atomic E-state index is 0.0385. The summed E-state index contributed by atoms with van der Waals surface area (Å²) in [5.41, 5.74) is 3.44. The minimum absolute atomic E-state index is 0.0385. The Hall–Kier alpha value is -1.31. The van der Waals surface area contributed by atoms with Crippen LogP contribution in [0.1, 0.15) is 25.0 Å². The first kappa shape index (κ1) is 11.8. The number of hydrogen-bond acceptors (Lipinski definition) is 1. The van der Waals surface area contributed by atoms with Crippen LogP contribution in [0.3, 0.4) is 0 Å². The lowest BCUT2D eigenvalue weighted by Gasteiger charge is -2.20. The van der Waals surface area contributed by atoms with Gasteiger partial charge in [-0.25, -0.2) is 0 Å². The van der Waals surface area contributed by atoms with Crippen molar-refractivity contribution in [2.24, 2.45) is 5.92 Å². The van der Waals surface area contributed by atoms with Crippen LogP contribution in [0.2, 0.25) is 0 Å². The van der Waals surface area contributed by atoms with Crippen LogP contribution in [0, 0.1) is 19.8 Å². The zero-order valence-corrected chi connectivity index (χ0v) is 10.2. The van der Waals surface area contributed by atoms with Gasteiger partial charge in [0.15, 0.2) is 0 Å². The molecule has 0 saturated carbocycles. The highest BCUT2D eigenvalue weighted by molar-refractivity contribution is 5.94. The molecule has 0 atom stereocenters. The second kappa shape index (κ2) is 4.47. The van der Waals surface area contributed by atoms with Gasteiger partial charge in [0.25, 0.3) is 0 Å². The van der Waals surface area contributed by atoms with Crippen LogP contribution in [-0.2, 0) is 4.79 Å². The van der Waals surface area contributed by atoms with Crippen molar-refractivity contribution in [1.29, 1.82) is 0 Å². The predicted octanol–water partition coefficient (Wildman–Crippen LogP) is 2.92. The van der Waals surface area contributed by atoms with E-state index in [0.717, 1.165) is 5.69 Å². The molecule has 1 aromatic rings. The first-order valence-electron chi connectivity index (χ1n) is 5.28. The first-order chi connectivity index (χ1) is 6.93. The molecule has 0 aliphatic carbocycles. The van der Waals surface area contributed by atoms with Crippen LogP contribution in [0.15, 0.2) is 18.2 Å². The normalized spacial score (nSPS) is 10.5. The van der Waals surface area contributed by atoms with Crippen molar-refractivity contribution in [3.8, 4) is 0 Å². The molecular formula is C13H19NO. The zero-order valence-electron chi connectivity index (χ0n) is 10.2. The van der Waals surface area contributed by atoms with E-state index in [-0.39, 0.29) is 11.8 Å². The Morgan fingerprint density at radius 2 is 1.80 bits per heavy atom. The third-order valence-electron chi connectivity index (χ3n) is 2.70. The molecule has 0 radical (unpaired) electrons. The van der Waals surface area contributed by atoms with Gasteiger partial charge in [0.05, 0.1) is 0 Å². The third-order valence-corrected chi connectivity index (χ3v) is 2.70. The molecule has 2 nitrogen and oxygen atoms in total. The van der Waals surface area contributed by atoms with Gasteiger partial charge in [-0.3, -0.25) is 4.79 Å². The van der Waals surface area contributed by atoms with Crippen molar-refractivity contribution in [1.82, 2.24) is 0 Å². The van der Waals surface area contributed by atoms with Crippen LogP contribution < -0.4 is 4.90 Å². The van der Waals surface area contributed by atoms with Crippen LogP contribution >= 0.6 is 0 Å². The molecule has 0 aromatic heterocycles. The fraction of sp³-hybridized carbons (Fsp3) is 0.462. The second-order valence-corrected chi connectivity index (χ2v) is 4.32. The van der Waals surface area contributed by atoms with Gasteiger partial charge in [-0.15, -0.1) is 0 Å². The number of rotatable bonds is 2. The summed E-state index contributed by atoms with van der Waals surface area (Å²) in [6, 6.07) is 6.09. The lowest BCUT2D eigenvalue weighted by molar-refractivity contribution is -0.121. The highest BCUT2D eigenvalue weighted by atomic mass is 16.2. The standard InChI is InChI=1S/C13H19NO/c1-9(2)13(15)14(5)12-7-6-10(3)11(4)8-12/h6-9H,1-5H3. The molecule has 2 heteroatoms. The van der Waals surface area contributed by atoms with E-state index in [2.05, 4.69) is 26.0 Å². The molecule has 0 heterocycles. The first-order valence-corrected chi connectivity index (χ1v) is 5.28. The number of hydrogen-bond donors (Lipinski definition) is 0. The Balaban J connectivity index is 2.97. The fourth-order valence-electron chi connectivity index (χ4n) is 1.45. The molecule has 1 aromatic carbocycles. The molecule has 0 N–H and O–H groups in total. The van der Waals surface area contributed by atoms with E-state index >= 15 is 0 Å². The summed E-state index contributed by atoms with van der Waals surface area (Å²) in [4.78, 5) is 13.5. The third kappa shape index (κ3) is 2.58. The molecule has 0 aliphatic rings. The van der Waals surface area contributed by atoms with Crippen molar-refractivity contribution in [3.63, 3.8) is 0 Å². The van der Waals surface area contributed by atoms with Gasteiger partial charge in [0.1, 0.15) is 0 Å². The Labute approximate surface area is 91.9 Å². The molecule has 82 valence electrons. The highest BCUT2D eigenvalue weighted by Crippen LogP contribution is 2.19. The number of benzene rings is 1. The summed E-state index contributed by atoms with van der Waals surface area (Å²) < 4.78 is 0. The monoisotopic (exact) mass is 205 g/mol. The van der Waals surface area contributed by atoms with E-state index < -0.39 is 0 Å². The Morgan fingerprint density at radius 3 is 2.27 bits per heavy atom. The molecule has 1 amide bonds. The van der Waals surface area contributed by atoms with Gasteiger partial charge in [0.2, 0.25) is 5.91 Å². The van der Waals surface area contributed by atoms with E-state index in [1.54, 1.807) is 4.90 Å². The summed E-state index contributed by atoms with van der Waals surface area (Å²) in [6.07, 6.45) is 0. The quantitative estimate of drug-likeness (QED) is 0.727. The topological polar surface area (TPSA) is 20.3 Å². The average Bonchev–Trinajstić information content (AvgIpc) is 2.19. The summed E-state index contributed by atoms with van der Waals surface area (Å²) in [5, 5.41) is 0. The van der Waals surface area contributed by atoms with E-state index in [9.17, 15) is 4.79 Å². The van der Waals surface area contributed by atoms with E-state index in [1.165, 1.54) is 11.1 Å². The van der Waals surface area contributed by atoms with E-state index in [1.807, 2.05) is 27.0 Å². The zero-order chi connectivity index (χ0) is 11.6. The number of aryl methyl sites for hydroxylation is 2. The smallest absolute Gasteiger partial charge is 0.229 e. The summed E-state index contributed by atoms with van der Waals surface area (Å²) in [5.74, 6) is 0.190. The van der Waals surface area contributed by atoms with E-state index in [0.29, 0.717) is 0 Å². The maximum Gasteiger partial charge on any atom is 0.229 e. The number of amides is 1. The van der Waals surface area contributed by atoms with Crippen molar-refractivity contribution in [2.75, 3.05) is 11.9 Å². The Bertz CT molecular complexity index is 369. The fourth-order valence-corrected chi connectivity index (χ4v) is 1.45. The van der Waals surface area contributed by atoms with Gasteiger partial charge in [-0.1, -0.05) is 19.9 Å². The molecule has 1 rings (SSSR count). The Morgan fingerprint density at radius 1 is 1.20 bits per heavy atom. The minimum Gasteiger partial charge on any atom is -0.315 e. The largest absolute Gasteiger partial charge is 0.315 e. The number of anilines is 1. The van der Waals surface area contributed by atoms with E-state index in [4.69, 9.17) is 0 Å². The van der Waals surface area contributed by atoms with Crippen molar-refractivity contribution in [3.05, 3.63) is 29.3 Å². The Kier molecular flexibility index (Phi) is 3.51. The molecule has 0 spiro atoms. The SMILES string of the molecule is Cc1ccc(N(C)C(=O)C(C)C)cc1C. The molecule has 0 saturated heterocycles. The van der Waals surface area contributed by atoms with Crippen LogP contribution in [-0.4, -0.2) is 13.0 Å².